The second-order valence-corrected chi connectivity index (χ2v) is 4.55. The molecule has 0 aliphatic rings. The van der Waals surface area contributed by atoms with E-state index in [9.17, 15) is 4.79 Å². The molecule has 3 heteroatoms. The Morgan fingerprint density at radius 1 is 1.22 bits per heavy atom. The molecule has 100 valence electrons. The van der Waals surface area contributed by atoms with E-state index >= 15 is 0 Å². The van der Waals surface area contributed by atoms with E-state index in [1.165, 1.54) is 0 Å². The van der Waals surface area contributed by atoms with Gasteiger partial charge in [0.15, 0.2) is 0 Å². The van der Waals surface area contributed by atoms with Gasteiger partial charge >= 0.3 is 0 Å². The van der Waals surface area contributed by atoms with Crippen LogP contribution >= 0.6 is 0 Å². The zero-order valence-electron chi connectivity index (χ0n) is 11.3. The fourth-order valence-electron chi connectivity index (χ4n) is 1.94. The molecule has 18 heavy (non-hydrogen) atoms. The van der Waals surface area contributed by atoms with Crippen molar-refractivity contribution in [1.29, 1.82) is 0 Å². The van der Waals surface area contributed by atoms with Crippen LogP contribution in [0.3, 0.4) is 0 Å². The molecule has 1 aromatic carbocycles. The van der Waals surface area contributed by atoms with E-state index in [1.807, 2.05) is 35.2 Å². The van der Waals surface area contributed by atoms with E-state index in [2.05, 4.69) is 6.92 Å². The normalized spacial score (nSPS) is 10.3. The SMILES string of the molecule is CCCCCC(=O)N(CCN)Cc1ccccc1. The highest BCUT2D eigenvalue weighted by Crippen LogP contribution is 2.08. The van der Waals surface area contributed by atoms with Gasteiger partial charge in [-0.3, -0.25) is 4.79 Å². The summed E-state index contributed by atoms with van der Waals surface area (Å²) in [6.07, 6.45) is 3.88. The topological polar surface area (TPSA) is 46.3 Å². The lowest BCUT2D eigenvalue weighted by atomic mass is 10.1. The lowest BCUT2D eigenvalue weighted by Gasteiger charge is -2.22. The fourth-order valence-corrected chi connectivity index (χ4v) is 1.94. The first-order valence-corrected chi connectivity index (χ1v) is 6.79. The molecule has 1 aromatic rings. The van der Waals surface area contributed by atoms with Crippen LogP contribution in [-0.2, 0) is 11.3 Å². The number of unbranched alkanes of at least 4 members (excludes halogenated alkanes) is 2. The Kier molecular flexibility index (Phi) is 7.11. The van der Waals surface area contributed by atoms with Gasteiger partial charge in [0.1, 0.15) is 0 Å². The minimum atomic E-state index is 0.220. The molecule has 2 N–H and O–H groups in total. The molecule has 0 atom stereocenters. The molecule has 0 spiro atoms. The van der Waals surface area contributed by atoms with Crippen LogP contribution in [-0.4, -0.2) is 23.9 Å². The van der Waals surface area contributed by atoms with Crippen LogP contribution in [0, 0.1) is 0 Å². The van der Waals surface area contributed by atoms with Gasteiger partial charge in [0.2, 0.25) is 5.91 Å². The Balaban J connectivity index is 2.50. The summed E-state index contributed by atoms with van der Waals surface area (Å²) >= 11 is 0. The minimum absolute atomic E-state index is 0.220. The van der Waals surface area contributed by atoms with Crippen molar-refractivity contribution in [3.05, 3.63) is 35.9 Å². The summed E-state index contributed by atoms with van der Waals surface area (Å²) in [5.41, 5.74) is 6.74. The number of hydrogen-bond acceptors (Lipinski definition) is 2. The molecule has 3 nitrogen and oxygen atoms in total. The van der Waals surface area contributed by atoms with Crippen molar-refractivity contribution in [2.24, 2.45) is 5.73 Å². The second-order valence-electron chi connectivity index (χ2n) is 4.55. The molecule has 0 aliphatic carbocycles. The molecule has 0 saturated carbocycles. The highest BCUT2D eigenvalue weighted by molar-refractivity contribution is 5.76. The zero-order chi connectivity index (χ0) is 13.2. The maximum atomic E-state index is 12.1. The van der Waals surface area contributed by atoms with Crippen LogP contribution in [0.5, 0.6) is 0 Å². The molecule has 1 amide bonds. The molecule has 0 heterocycles. The smallest absolute Gasteiger partial charge is 0.222 e. The number of amides is 1. The Bertz CT molecular complexity index is 338. The molecule has 0 aromatic heterocycles. The van der Waals surface area contributed by atoms with Crippen molar-refractivity contribution < 1.29 is 4.79 Å². The van der Waals surface area contributed by atoms with Gasteiger partial charge in [-0.1, -0.05) is 50.1 Å². The summed E-state index contributed by atoms with van der Waals surface area (Å²) in [7, 11) is 0. The van der Waals surface area contributed by atoms with Crippen LogP contribution < -0.4 is 5.73 Å². The van der Waals surface area contributed by atoms with Gasteiger partial charge in [-0.25, -0.2) is 0 Å². The van der Waals surface area contributed by atoms with Crippen molar-refractivity contribution in [3.8, 4) is 0 Å². The lowest BCUT2D eigenvalue weighted by molar-refractivity contribution is -0.131. The van der Waals surface area contributed by atoms with E-state index in [1.54, 1.807) is 0 Å². The van der Waals surface area contributed by atoms with Gasteiger partial charge in [-0.05, 0) is 12.0 Å². The van der Waals surface area contributed by atoms with E-state index in [-0.39, 0.29) is 5.91 Å². The van der Waals surface area contributed by atoms with Gasteiger partial charge < -0.3 is 10.6 Å². The summed E-state index contributed by atoms with van der Waals surface area (Å²) in [4.78, 5) is 13.9. The largest absolute Gasteiger partial charge is 0.337 e. The Morgan fingerprint density at radius 3 is 2.56 bits per heavy atom. The number of carbonyl (C=O) groups excluding carboxylic acids is 1. The standard InChI is InChI=1S/C15H24N2O/c1-2-3-5-10-15(18)17(12-11-16)13-14-8-6-4-7-9-14/h4,6-9H,2-3,5,10-13,16H2,1H3. The predicted octanol–water partition coefficient (Wildman–Crippen LogP) is 2.55. The summed E-state index contributed by atoms with van der Waals surface area (Å²) in [6, 6.07) is 10.1. The first kappa shape index (κ1) is 14.7. The molecular formula is C15H24N2O. The van der Waals surface area contributed by atoms with Crippen molar-refractivity contribution in [1.82, 2.24) is 4.90 Å². The third-order valence-corrected chi connectivity index (χ3v) is 2.96. The first-order chi connectivity index (χ1) is 8.77. The number of nitrogens with two attached hydrogens (primary N) is 1. The average molecular weight is 248 g/mol. The number of benzene rings is 1. The number of hydrogen-bond donors (Lipinski definition) is 1. The Morgan fingerprint density at radius 2 is 1.94 bits per heavy atom. The Hall–Kier alpha value is -1.35. The summed E-state index contributed by atoms with van der Waals surface area (Å²) in [5, 5.41) is 0. The van der Waals surface area contributed by atoms with Gasteiger partial charge in [0.05, 0.1) is 0 Å². The first-order valence-electron chi connectivity index (χ1n) is 6.79. The van der Waals surface area contributed by atoms with Gasteiger partial charge in [0, 0.05) is 26.1 Å². The fraction of sp³-hybridized carbons (Fsp3) is 0.533. The maximum absolute atomic E-state index is 12.1. The van der Waals surface area contributed by atoms with E-state index in [0.717, 1.165) is 24.8 Å². The van der Waals surface area contributed by atoms with Crippen molar-refractivity contribution >= 4 is 5.91 Å². The van der Waals surface area contributed by atoms with E-state index < -0.39 is 0 Å². The lowest BCUT2D eigenvalue weighted by Crippen LogP contribution is -2.34. The quantitative estimate of drug-likeness (QED) is 0.719. The van der Waals surface area contributed by atoms with Crippen LogP contribution in [0.25, 0.3) is 0 Å². The zero-order valence-corrected chi connectivity index (χ0v) is 11.3. The molecule has 0 unspecified atom stereocenters. The molecule has 0 bridgehead atoms. The number of nitrogens with zero attached hydrogens (tertiary/aromatic N) is 1. The molecular weight excluding hydrogens is 224 g/mol. The number of rotatable bonds is 8. The third-order valence-electron chi connectivity index (χ3n) is 2.96. The van der Waals surface area contributed by atoms with Crippen molar-refractivity contribution in [2.75, 3.05) is 13.1 Å². The van der Waals surface area contributed by atoms with Gasteiger partial charge in [-0.2, -0.15) is 0 Å². The monoisotopic (exact) mass is 248 g/mol. The summed E-state index contributed by atoms with van der Waals surface area (Å²) in [5.74, 6) is 0.220. The molecule has 0 fully saturated rings. The molecule has 0 radical (unpaired) electrons. The molecule has 1 rings (SSSR count). The predicted molar refractivity (Wildman–Crippen MR) is 75.1 cm³/mol. The van der Waals surface area contributed by atoms with Crippen LogP contribution in [0.2, 0.25) is 0 Å². The second kappa shape index (κ2) is 8.70. The van der Waals surface area contributed by atoms with E-state index in [4.69, 9.17) is 5.73 Å². The third kappa shape index (κ3) is 5.32. The van der Waals surface area contributed by atoms with Crippen LogP contribution in [0.1, 0.15) is 38.2 Å². The van der Waals surface area contributed by atoms with Gasteiger partial charge in [-0.15, -0.1) is 0 Å². The maximum Gasteiger partial charge on any atom is 0.222 e. The highest BCUT2D eigenvalue weighted by atomic mass is 16.2. The number of carbonyl (C=O) groups is 1. The van der Waals surface area contributed by atoms with Gasteiger partial charge in [0.25, 0.3) is 0 Å². The average Bonchev–Trinajstić information content (AvgIpc) is 2.39. The molecule has 0 aliphatic heterocycles. The van der Waals surface area contributed by atoms with Crippen molar-refractivity contribution in [2.45, 2.75) is 39.2 Å². The van der Waals surface area contributed by atoms with Crippen LogP contribution in [0.15, 0.2) is 30.3 Å². The summed E-state index contributed by atoms with van der Waals surface area (Å²) < 4.78 is 0. The highest BCUT2D eigenvalue weighted by Gasteiger charge is 2.12. The Labute approximate surface area is 110 Å². The summed E-state index contributed by atoms with van der Waals surface area (Å²) in [6.45, 7) is 3.97. The molecule has 0 saturated heterocycles. The minimum Gasteiger partial charge on any atom is -0.337 e. The van der Waals surface area contributed by atoms with Crippen molar-refractivity contribution in [3.63, 3.8) is 0 Å². The van der Waals surface area contributed by atoms with E-state index in [0.29, 0.717) is 26.1 Å². The van der Waals surface area contributed by atoms with Crippen LogP contribution in [0.4, 0.5) is 0 Å².